The summed E-state index contributed by atoms with van der Waals surface area (Å²) in [5.74, 6) is -4.09. The summed E-state index contributed by atoms with van der Waals surface area (Å²) >= 11 is 0. The molecule has 0 spiro atoms. The van der Waals surface area contributed by atoms with E-state index in [-0.39, 0.29) is 101 Å². The first kappa shape index (κ1) is 107. The maximum atomic E-state index is 14.6. The molecule has 40 nitrogen and oxygen atoms in total. The van der Waals surface area contributed by atoms with Gasteiger partial charge in [0.2, 0.25) is 23.6 Å². The standard InChI is InChI=1S/C92H136N8O32/c1-45(105)97-69-77(117)73(113)61(37-101)129-85(69)121-21-17-93-65(109)41-125-81-49-25-51-31-58(90(8,9)10)33-53(82(51)126-42-66(110)94-18-22-122-86-70(98-46(2)106)78(118)74(114)62(38-102)130-86)27-55-35-60(92(14,15)16)36-56(84(55)128-44-68(112)96-20-24-124-88-72(100-48(4)108)80(120)76(116)64(40-104)132-88)28-54-34-59(91(11,12)13)32-52(26-50(81)30-57(29-49)89(5,6)7)83(54)127-43-67(111)95-19-23-123-87-71(99-47(3)107)79(119)75(115)63(39-103)131-87/h29-36,61-64,69-80,85-88,101-104,113-120H,17-28,37-44H2,1-16H3,(H,93,109)(H,94,110)(H,95,111)(H,96,112)(H,97,105)(H,98,106)(H,99,107)(H,100,108)/t61-,62-,63-,64-,69-,70-,71-,72-,73+,74+,75+,76+,77-,78-,79-,80-,85+,86+,87+,88+/m1/s1. The van der Waals surface area contributed by atoms with Crippen LogP contribution in [0.4, 0.5) is 0 Å². The molecule has 736 valence electrons. The molecule has 0 saturated carbocycles. The highest BCUT2D eigenvalue weighted by molar-refractivity contribution is 5.80. The highest BCUT2D eigenvalue weighted by atomic mass is 16.7. The molecule has 0 radical (unpaired) electrons. The van der Waals surface area contributed by atoms with Crippen molar-refractivity contribution in [2.45, 2.75) is 281 Å². The van der Waals surface area contributed by atoms with Gasteiger partial charge in [-0.2, -0.15) is 0 Å². The molecule has 4 aliphatic heterocycles. The fraction of sp³-hybridized carbons (Fsp3) is 0.652. The summed E-state index contributed by atoms with van der Waals surface area (Å²) in [5, 5.41) is 148. The van der Waals surface area contributed by atoms with Gasteiger partial charge in [-0.3, -0.25) is 38.4 Å². The first-order valence-corrected chi connectivity index (χ1v) is 44.3. The summed E-state index contributed by atoms with van der Waals surface area (Å²) in [6, 6.07) is 10.5. The summed E-state index contributed by atoms with van der Waals surface area (Å²) < 4.78 is 74.8. The summed E-state index contributed by atoms with van der Waals surface area (Å²) in [6.07, 6.45) is -23.8. The van der Waals surface area contributed by atoms with E-state index in [2.05, 4.69) is 42.5 Å². The average molecular weight is 1870 g/mol. The number of carbonyl (C=O) groups is 8. The second kappa shape index (κ2) is 47.0. The quantitative estimate of drug-likeness (QED) is 0.0183. The third kappa shape index (κ3) is 28.6. The van der Waals surface area contributed by atoms with Gasteiger partial charge in [0.05, 0.1) is 52.9 Å². The van der Waals surface area contributed by atoms with Crippen LogP contribution in [0.2, 0.25) is 0 Å². The molecule has 1 aliphatic carbocycles. The molecule has 8 bridgehead atoms. The molecular formula is C92H136N8O32. The smallest absolute Gasteiger partial charge is 0.258 e. The molecule has 40 heteroatoms. The zero-order valence-electron chi connectivity index (χ0n) is 77.8. The largest absolute Gasteiger partial charge is 0.483 e. The molecule has 4 heterocycles. The Balaban J connectivity index is 1.19. The van der Waals surface area contributed by atoms with E-state index >= 15 is 0 Å². The number of aliphatic hydroxyl groups is 12. The lowest BCUT2D eigenvalue weighted by Gasteiger charge is -2.42. The average Bonchev–Trinajstić information content (AvgIpc) is 0.755. The Hall–Kier alpha value is -8.96. The highest BCUT2D eigenvalue weighted by Gasteiger charge is 2.50. The zero-order valence-corrected chi connectivity index (χ0v) is 77.8. The van der Waals surface area contributed by atoms with Crippen molar-refractivity contribution in [3.05, 3.63) is 115 Å². The van der Waals surface area contributed by atoms with E-state index in [9.17, 15) is 99.6 Å². The Bertz CT molecular complexity index is 3950. The summed E-state index contributed by atoms with van der Waals surface area (Å²) in [7, 11) is 0. The molecule has 4 fully saturated rings. The van der Waals surface area contributed by atoms with Crippen LogP contribution in [0.3, 0.4) is 0 Å². The van der Waals surface area contributed by atoms with Crippen molar-refractivity contribution in [3.63, 3.8) is 0 Å². The Labute approximate surface area is 767 Å². The molecular weight excluding hydrogens is 1730 g/mol. The Morgan fingerprint density at radius 3 is 0.606 bits per heavy atom. The van der Waals surface area contributed by atoms with Crippen LogP contribution in [-0.4, -0.2) is 337 Å². The zero-order chi connectivity index (χ0) is 97.3. The lowest BCUT2D eigenvalue weighted by Crippen LogP contribution is -2.64. The third-order valence-corrected chi connectivity index (χ3v) is 23.2. The fourth-order valence-corrected chi connectivity index (χ4v) is 16.0. The SMILES string of the molecule is CC(=O)N[C@H]1[C@@H](OCCNC(=O)COc2c3cc(C(C)(C)C)cc2Cc2cc(C(C)(C)C)cc(c2OCC(=O)NCCO[C@H]2O[C@H](CO)[C@H](O)[C@H](O)[C@H]2NC(C)=O)Cc2cc(C(C)(C)C)cc(c2OCC(=O)NCCO[C@H]2O[C@H](CO)[C@H](O)[C@H](O)[C@H]2NC(C)=O)Cc2cc(C(C)(C)C)cc(c2OCC(=O)NCCO[C@H]2O[C@H](CO)[C@H](O)[C@H](O)[C@H]2NC(C)=O)C3)O[C@H](CO)[C@H](O)[C@@H]1O. The number of hydrogen-bond acceptors (Lipinski definition) is 32. The van der Waals surface area contributed by atoms with Gasteiger partial charge in [-0.1, -0.05) is 132 Å². The molecule has 20 N–H and O–H groups in total. The number of rotatable bonds is 36. The number of aliphatic hydroxyl groups excluding tert-OH is 12. The van der Waals surface area contributed by atoms with Crippen molar-refractivity contribution in [3.8, 4) is 23.0 Å². The van der Waals surface area contributed by atoms with Gasteiger partial charge in [-0.25, -0.2) is 0 Å². The van der Waals surface area contributed by atoms with Crippen LogP contribution < -0.4 is 61.5 Å². The van der Waals surface area contributed by atoms with E-state index in [0.29, 0.717) is 44.5 Å². The van der Waals surface area contributed by atoms with Crippen LogP contribution in [0.5, 0.6) is 23.0 Å². The van der Waals surface area contributed by atoms with Crippen molar-refractivity contribution in [1.82, 2.24) is 42.5 Å². The minimum atomic E-state index is -1.62. The van der Waals surface area contributed by atoms with Crippen LogP contribution in [0.1, 0.15) is 178 Å². The number of nitrogens with one attached hydrogen (secondary N) is 8. The van der Waals surface area contributed by atoms with Crippen LogP contribution in [0, 0.1) is 0 Å². The molecule has 20 atom stereocenters. The third-order valence-electron chi connectivity index (χ3n) is 23.2. The molecule has 4 aromatic rings. The number of benzene rings is 4. The van der Waals surface area contributed by atoms with E-state index in [1.807, 2.05) is 132 Å². The second-order valence-electron chi connectivity index (χ2n) is 38.0. The molecule has 9 rings (SSSR count). The first-order valence-electron chi connectivity index (χ1n) is 44.3. The molecule has 4 saturated heterocycles. The van der Waals surface area contributed by atoms with Gasteiger partial charge in [0.25, 0.3) is 23.6 Å². The van der Waals surface area contributed by atoms with Crippen LogP contribution in [-0.2, 0) is 124 Å². The second-order valence-corrected chi connectivity index (χ2v) is 38.0. The van der Waals surface area contributed by atoms with Gasteiger partial charge < -0.3 is 161 Å². The van der Waals surface area contributed by atoms with Gasteiger partial charge in [0.15, 0.2) is 51.6 Å². The molecule has 4 aromatic carbocycles. The number of fused-ring (bicyclic) bond motifs is 8. The van der Waals surface area contributed by atoms with Gasteiger partial charge >= 0.3 is 0 Å². The molecule has 0 unspecified atom stereocenters. The van der Waals surface area contributed by atoms with Crippen molar-refractivity contribution in [2.24, 2.45) is 0 Å². The van der Waals surface area contributed by atoms with Crippen LogP contribution in [0.15, 0.2) is 48.5 Å². The van der Waals surface area contributed by atoms with Gasteiger partial charge in [0, 0.05) is 79.6 Å². The molecule has 5 aliphatic rings. The number of amides is 8. The number of carbonyl (C=O) groups excluding carboxylic acids is 8. The van der Waals surface area contributed by atoms with Crippen LogP contribution in [0.25, 0.3) is 0 Å². The topological polar surface area (TPSA) is 586 Å². The van der Waals surface area contributed by atoms with E-state index in [1.54, 1.807) is 0 Å². The summed E-state index contributed by atoms with van der Waals surface area (Å²) in [4.78, 5) is 108. The predicted octanol–water partition coefficient (Wildman–Crippen LogP) is -2.63. The predicted molar refractivity (Wildman–Crippen MR) is 471 cm³/mol. The van der Waals surface area contributed by atoms with E-state index in [0.717, 1.165) is 22.3 Å². The minimum absolute atomic E-state index is 0.0560. The monoisotopic (exact) mass is 1860 g/mol. The highest BCUT2D eigenvalue weighted by Crippen LogP contribution is 2.45. The summed E-state index contributed by atoms with van der Waals surface area (Å²) in [5.41, 5.74) is 4.58. The maximum absolute atomic E-state index is 14.6. The molecule has 8 amide bonds. The van der Waals surface area contributed by atoms with Gasteiger partial charge in [0.1, 0.15) is 120 Å². The number of hydrogen-bond donors (Lipinski definition) is 20. The van der Waals surface area contributed by atoms with Crippen LogP contribution >= 0.6 is 0 Å². The lowest BCUT2D eigenvalue weighted by molar-refractivity contribution is -0.269. The van der Waals surface area contributed by atoms with Gasteiger partial charge in [-0.15, -0.1) is 0 Å². The Morgan fingerprint density at radius 2 is 0.462 bits per heavy atom. The lowest BCUT2D eigenvalue weighted by atomic mass is 9.79. The maximum Gasteiger partial charge on any atom is 0.258 e. The van der Waals surface area contributed by atoms with Gasteiger partial charge in [-0.05, 0) is 88.4 Å². The van der Waals surface area contributed by atoms with E-state index in [1.165, 1.54) is 27.7 Å². The van der Waals surface area contributed by atoms with E-state index in [4.69, 9.17) is 56.8 Å². The first-order chi connectivity index (χ1) is 62.0. The van der Waals surface area contributed by atoms with Crippen molar-refractivity contribution in [1.29, 1.82) is 0 Å². The Morgan fingerprint density at radius 1 is 0.295 bits per heavy atom. The Kier molecular flexibility index (Phi) is 38.0. The van der Waals surface area contributed by atoms with Crippen molar-refractivity contribution >= 4 is 47.3 Å². The number of ether oxygens (including phenoxy) is 12. The fourth-order valence-electron chi connectivity index (χ4n) is 16.0. The van der Waals surface area contributed by atoms with Crippen molar-refractivity contribution < 1.29 is 156 Å². The molecule has 132 heavy (non-hydrogen) atoms. The normalized spacial score (nSPS) is 26.3. The van der Waals surface area contributed by atoms with E-state index < -0.39 is 244 Å². The van der Waals surface area contributed by atoms with Crippen molar-refractivity contribution in [2.75, 3.05) is 105 Å². The summed E-state index contributed by atoms with van der Waals surface area (Å²) in [6.45, 7) is 21.7. The minimum Gasteiger partial charge on any atom is -0.483 e. The molecule has 0 aromatic heterocycles.